The molecule has 1 atom stereocenters. The third-order valence-corrected chi connectivity index (χ3v) is 6.36. The molecular weight excluding hydrogens is 565 g/mol. The summed E-state index contributed by atoms with van der Waals surface area (Å²) in [6.07, 6.45) is -0.166. The number of hydrazone groups is 2. The minimum absolute atomic E-state index is 0.133. The molecular formula is C25H19Cl2N7O4S. The number of non-ortho nitro benzene ring substituents is 1. The predicted molar refractivity (Wildman–Crippen MR) is 154 cm³/mol. The highest BCUT2D eigenvalue weighted by Gasteiger charge is 2.36. The van der Waals surface area contributed by atoms with Crippen LogP contribution in [0.15, 0.2) is 83.0 Å². The summed E-state index contributed by atoms with van der Waals surface area (Å²) in [5.74, 6) is -1.34. The molecule has 0 aromatic heterocycles. The maximum absolute atomic E-state index is 13.4. The van der Waals surface area contributed by atoms with Crippen LogP contribution < -0.4 is 21.5 Å². The van der Waals surface area contributed by atoms with E-state index < -0.39 is 28.4 Å². The molecule has 14 heteroatoms. The van der Waals surface area contributed by atoms with Crippen LogP contribution >= 0.6 is 35.4 Å². The Morgan fingerprint density at radius 1 is 1.10 bits per heavy atom. The zero-order chi connectivity index (χ0) is 28.1. The van der Waals surface area contributed by atoms with Crippen LogP contribution in [0.4, 0.5) is 17.1 Å². The normalized spacial score (nSPS) is 15.4. The molecule has 1 amide bonds. The van der Waals surface area contributed by atoms with Crippen molar-refractivity contribution in [1.82, 2.24) is 5.43 Å². The topological polar surface area (TPSA) is 155 Å². The van der Waals surface area contributed by atoms with Gasteiger partial charge in [0, 0.05) is 24.2 Å². The maximum atomic E-state index is 13.4. The van der Waals surface area contributed by atoms with Gasteiger partial charge in [-0.1, -0.05) is 53.5 Å². The van der Waals surface area contributed by atoms with E-state index in [1.165, 1.54) is 41.4 Å². The van der Waals surface area contributed by atoms with Crippen LogP contribution in [-0.2, 0) is 9.59 Å². The van der Waals surface area contributed by atoms with E-state index >= 15 is 0 Å². The third-order valence-electron chi connectivity index (χ3n) is 5.53. The molecule has 0 bridgehead atoms. The minimum atomic E-state index is -0.800. The van der Waals surface area contributed by atoms with Gasteiger partial charge < -0.3 is 11.1 Å². The fourth-order valence-electron chi connectivity index (χ4n) is 3.78. The second kappa shape index (κ2) is 12.0. The van der Waals surface area contributed by atoms with Crippen molar-refractivity contribution < 1.29 is 14.5 Å². The molecule has 1 heterocycles. The summed E-state index contributed by atoms with van der Waals surface area (Å²) in [5, 5.41) is 24.2. The van der Waals surface area contributed by atoms with E-state index in [0.29, 0.717) is 11.3 Å². The third kappa shape index (κ3) is 6.55. The lowest BCUT2D eigenvalue weighted by atomic mass is 9.94. The number of para-hydroxylation sites is 1. The Hall–Kier alpha value is -4.39. The average Bonchev–Trinajstić information content (AvgIpc) is 2.92. The van der Waals surface area contributed by atoms with E-state index in [9.17, 15) is 19.7 Å². The summed E-state index contributed by atoms with van der Waals surface area (Å²) in [6, 6.07) is 18.5. The van der Waals surface area contributed by atoms with Gasteiger partial charge in [-0.3, -0.25) is 30.1 Å². The number of nitrogens with two attached hydrogens (primary N) is 1. The highest BCUT2D eigenvalue weighted by molar-refractivity contribution is 7.80. The van der Waals surface area contributed by atoms with Gasteiger partial charge in [-0.15, -0.1) is 0 Å². The molecule has 1 aliphatic heterocycles. The standard InChI is InChI=1S/C25H19Cl2N7O4S/c26-18-10-9-15(12-19(18)27)29-24(36)23(30-31-25(28)39)22-21(35)13-20(14-5-4-8-17(11-14)34(37)38)33(32-22)16-6-2-1-3-7-16/h1-12,20H,13H2,(H,29,36)(H3,28,31,39)/b30-23+/t20-/m1/s1. The van der Waals surface area contributed by atoms with Crippen LogP contribution in [0.3, 0.4) is 0 Å². The molecule has 3 aromatic rings. The van der Waals surface area contributed by atoms with Crippen LogP contribution in [0.1, 0.15) is 18.0 Å². The van der Waals surface area contributed by atoms with Crippen molar-refractivity contribution in [2.75, 3.05) is 10.3 Å². The van der Waals surface area contributed by atoms with Crippen molar-refractivity contribution in [2.24, 2.45) is 15.9 Å². The van der Waals surface area contributed by atoms with Crippen LogP contribution in [0.5, 0.6) is 0 Å². The van der Waals surface area contributed by atoms with Gasteiger partial charge in [0.05, 0.1) is 26.7 Å². The number of nitrogens with zero attached hydrogens (tertiary/aromatic N) is 4. The van der Waals surface area contributed by atoms with Gasteiger partial charge in [0.15, 0.2) is 22.3 Å². The monoisotopic (exact) mass is 583 g/mol. The zero-order valence-electron chi connectivity index (χ0n) is 19.9. The Bertz CT molecular complexity index is 1530. The van der Waals surface area contributed by atoms with Crippen LogP contribution in [0.2, 0.25) is 10.0 Å². The molecule has 0 aliphatic carbocycles. The summed E-state index contributed by atoms with van der Waals surface area (Å²) >= 11 is 16.8. The van der Waals surface area contributed by atoms with Crippen molar-refractivity contribution in [3.05, 3.63) is 98.5 Å². The molecule has 4 N–H and O–H groups in total. The number of Topliss-reactive ketones (excluding diaryl/α,β-unsaturated/α-hetero) is 1. The number of ketones is 1. The van der Waals surface area contributed by atoms with Crippen LogP contribution in [0.25, 0.3) is 0 Å². The number of rotatable bonds is 7. The van der Waals surface area contributed by atoms with Gasteiger partial charge in [0.25, 0.3) is 11.6 Å². The first kappa shape index (κ1) is 27.6. The molecule has 0 saturated heterocycles. The second-order valence-corrected chi connectivity index (χ2v) is 9.40. The lowest BCUT2D eigenvalue weighted by molar-refractivity contribution is -0.384. The molecule has 1 aliphatic rings. The highest BCUT2D eigenvalue weighted by Crippen LogP contribution is 2.35. The summed E-state index contributed by atoms with van der Waals surface area (Å²) in [6.45, 7) is 0. The van der Waals surface area contributed by atoms with E-state index in [4.69, 9.17) is 41.2 Å². The smallest absolute Gasteiger partial charge is 0.278 e. The van der Waals surface area contributed by atoms with Crippen molar-refractivity contribution in [3.63, 3.8) is 0 Å². The maximum Gasteiger partial charge on any atom is 0.278 e. The molecule has 0 saturated carbocycles. The van der Waals surface area contributed by atoms with E-state index in [1.807, 2.05) is 0 Å². The second-order valence-electron chi connectivity index (χ2n) is 8.14. The first-order valence-electron chi connectivity index (χ1n) is 11.2. The number of benzene rings is 3. The summed E-state index contributed by atoms with van der Waals surface area (Å²) in [4.78, 5) is 37.6. The lowest BCUT2D eigenvalue weighted by Gasteiger charge is -2.33. The molecule has 0 spiro atoms. The van der Waals surface area contributed by atoms with E-state index in [0.717, 1.165) is 0 Å². The molecule has 3 aromatic carbocycles. The number of carbonyl (C=O) groups excluding carboxylic acids is 2. The van der Waals surface area contributed by atoms with Crippen LogP contribution in [0, 0.1) is 10.1 Å². The van der Waals surface area contributed by atoms with Gasteiger partial charge in [0.1, 0.15) is 0 Å². The largest absolute Gasteiger partial charge is 0.375 e. The number of hydrogen-bond donors (Lipinski definition) is 3. The quantitative estimate of drug-likeness (QED) is 0.157. The van der Waals surface area contributed by atoms with Gasteiger partial charge >= 0.3 is 0 Å². The van der Waals surface area contributed by atoms with Crippen molar-refractivity contribution in [1.29, 1.82) is 0 Å². The van der Waals surface area contributed by atoms with Crippen molar-refractivity contribution in [3.8, 4) is 0 Å². The number of thiocarbonyl (C=S) groups is 1. The minimum Gasteiger partial charge on any atom is -0.375 e. The Morgan fingerprint density at radius 2 is 1.85 bits per heavy atom. The SMILES string of the molecule is NC(=S)N/N=C(/C(=O)Nc1ccc(Cl)c(Cl)c1)C1=NN(c2ccccc2)[C@@H](c2cccc([N+](=O)[O-])c2)CC1=O. The van der Waals surface area contributed by atoms with Crippen molar-refractivity contribution >= 4 is 80.7 Å². The zero-order valence-corrected chi connectivity index (χ0v) is 22.2. The molecule has 39 heavy (non-hydrogen) atoms. The average molecular weight is 584 g/mol. The van der Waals surface area contributed by atoms with E-state index in [2.05, 4.69) is 20.9 Å². The molecule has 0 unspecified atom stereocenters. The number of anilines is 2. The van der Waals surface area contributed by atoms with Crippen molar-refractivity contribution in [2.45, 2.75) is 12.5 Å². The number of hydrogen-bond acceptors (Lipinski definition) is 8. The first-order chi connectivity index (χ1) is 18.6. The van der Waals surface area contributed by atoms with Gasteiger partial charge in [-0.2, -0.15) is 10.2 Å². The van der Waals surface area contributed by atoms with E-state index in [1.54, 1.807) is 36.4 Å². The summed E-state index contributed by atoms with van der Waals surface area (Å²) in [5.41, 5.74) is 8.39. The fraction of sp³-hybridized carbons (Fsp3) is 0.0800. The molecule has 0 radical (unpaired) electrons. The molecule has 11 nitrogen and oxygen atoms in total. The molecule has 4 rings (SSSR count). The Balaban J connectivity index is 1.79. The number of amides is 1. The number of nitro benzene ring substituents is 1. The summed E-state index contributed by atoms with van der Waals surface area (Å²) < 4.78 is 0. The fourth-order valence-corrected chi connectivity index (χ4v) is 4.12. The Kier molecular flexibility index (Phi) is 8.49. The van der Waals surface area contributed by atoms with E-state index in [-0.39, 0.29) is 38.7 Å². The van der Waals surface area contributed by atoms with Gasteiger partial charge in [-0.25, -0.2) is 0 Å². The number of nitro groups is 1. The lowest BCUT2D eigenvalue weighted by Crippen LogP contribution is -2.44. The Labute approximate surface area is 237 Å². The molecule has 0 fully saturated rings. The number of carbonyl (C=O) groups is 2. The highest BCUT2D eigenvalue weighted by atomic mass is 35.5. The van der Waals surface area contributed by atoms with Crippen LogP contribution in [-0.4, -0.2) is 33.1 Å². The molecule has 198 valence electrons. The Morgan fingerprint density at radius 3 is 2.51 bits per heavy atom. The van der Waals surface area contributed by atoms with Gasteiger partial charge in [0.2, 0.25) is 0 Å². The van der Waals surface area contributed by atoms with Gasteiger partial charge in [-0.05, 0) is 48.1 Å². The predicted octanol–water partition coefficient (Wildman–Crippen LogP) is 4.61. The first-order valence-corrected chi connectivity index (χ1v) is 12.4. The number of halogens is 2. The number of nitrogens with one attached hydrogen (secondary N) is 2. The summed E-state index contributed by atoms with van der Waals surface area (Å²) in [7, 11) is 0.